The molecule has 0 heterocycles. The lowest BCUT2D eigenvalue weighted by molar-refractivity contribution is -0.140. The third-order valence-electron chi connectivity index (χ3n) is 3.84. The van der Waals surface area contributed by atoms with Gasteiger partial charge in [-0.3, -0.25) is 0 Å². The first-order chi connectivity index (χ1) is 10.1. The average Bonchev–Trinajstić information content (AvgIpc) is 2.36. The maximum atomic E-state index is 11.5. The number of hydrogen-bond acceptors (Lipinski definition) is 4. The van der Waals surface area contributed by atoms with Gasteiger partial charge in [-0.05, 0) is 24.7 Å². The normalized spacial score (nSPS) is 15.9. The van der Waals surface area contributed by atoms with E-state index < -0.39 is 23.2 Å². The molecule has 0 bridgehead atoms. The first kappa shape index (κ1) is 18.7. The molecule has 0 fully saturated rings. The number of benzene rings is 1. The minimum atomic E-state index is -1.17. The van der Waals surface area contributed by atoms with Crippen molar-refractivity contribution < 1.29 is 14.6 Å². The summed E-state index contributed by atoms with van der Waals surface area (Å²) in [4.78, 5) is 11.5. The molecule has 1 aromatic carbocycles. The van der Waals surface area contributed by atoms with Gasteiger partial charge in [0.25, 0.3) is 0 Å². The van der Waals surface area contributed by atoms with Crippen molar-refractivity contribution in [1.29, 1.82) is 0 Å². The maximum absolute atomic E-state index is 11.5. The number of carbonyl (C=O) groups excluding carboxylic acids is 1. The molecule has 4 N–H and O–H groups in total. The van der Waals surface area contributed by atoms with Crippen molar-refractivity contribution >= 4 is 17.7 Å². The van der Waals surface area contributed by atoms with Gasteiger partial charge in [0, 0.05) is 23.4 Å². The molecule has 6 heteroatoms. The van der Waals surface area contributed by atoms with Gasteiger partial charge in [0.1, 0.15) is 11.7 Å². The monoisotopic (exact) mass is 328 g/mol. The maximum Gasteiger partial charge on any atom is 0.405 e. The number of hydrogen-bond donors (Lipinski definition) is 3. The van der Waals surface area contributed by atoms with Crippen molar-refractivity contribution in [1.82, 2.24) is 5.32 Å². The van der Waals surface area contributed by atoms with E-state index >= 15 is 0 Å². The molecule has 0 saturated heterocycles. The van der Waals surface area contributed by atoms with Gasteiger partial charge in [-0.2, -0.15) is 0 Å². The number of carbonyl (C=O) groups is 1. The van der Waals surface area contributed by atoms with Crippen LogP contribution in [0.1, 0.15) is 26.3 Å². The first-order valence-corrected chi connectivity index (χ1v) is 7.56. The minimum absolute atomic E-state index is 0.269. The zero-order valence-electron chi connectivity index (χ0n) is 13.5. The summed E-state index contributed by atoms with van der Waals surface area (Å²) in [6, 6.07) is 7.25. The number of aliphatic hydroxyl groups is 1. The molecule has 5 nitrogen and oxygen atoms in total. The van der Waals surface area contributed by atoms with Gasteiger partial charge in [-0.15, -0.1) is 0 Å². The summed E-state index contributed by atoms with van der Waals surface area (Å²) in [6.07, 6.45) is -1.53. The van der Waals surface area contributed by atoms with Gasteiger partial charge in [-0.25, -0.2) is 4.79 Å². The quantitative estimate of drug-likeness (QED) is 0.748. The van der Waals surface area contributed by atoms with Crippen molar-refractivity contribution in [3.05, 3.63) is 34.9 Å². The molecule has 0 unspecified atom stereocenters. The van der Waals surface area contributed by atoms with Crippen molar-refractivity contribution in [2.45, 2.75) is 38.9 Å². The number of amides is 1. The number of nitrogens with two attached hydrogens (primary N) is 1. The van der Waals surface area contributed by atoms with E-state index in [1.54, 1.807) is 19.2 Å². The lowest BCUT2D eigenvalue weighted by Crippen LogP contribution is -2.60. The molecule has 2 atom stereocenters. The smallest absolute Gasteiger partial charge is 0.405 e. The Bertz CT molecular complexity index is 516. The molecule has 1 aromatic rings. The highest BCUT2D eigenvalue weighted by Gasteiger charge is 2.51. The first-order valence-electron chi connectivity index (χ1n) is 7.18. The SMILES string of the molecule is CNC[C@@H](O)[C@@](Cc1cccc(Cl)c1)(OC(N)=O)C(C)(C)C. The molecule has 0 aliphatic carbocycles. The van der Waals surface area contributed by atoms with Gasteiger partial charge in [0.15, 0.2) is 0 Å². The van der Waals surface area contributed by atoms with Crippen LogP contribution in [0.3, 0.4) is 0 Å². The lowest BCUT2D eigenvalue weighted by atomic mass is 9.69. The summed E-state index contributed by atoms with van der Waals surface area (Å²) in [6.45, 7) is 5.98. The largest absolute Gasteiger partial charge is 0.439 e. The number of rotatable bonds is 6. The molecule has 0 spiro atoms. The highest BCUT2D eigenvalue weighted by Crippen LogP contribution is 2.40. The third kappa shape index (κ3) is 4.35. The highest BCUT2D eigenvalue weighted by molar-refractivity contribution is 6.30. The Morgan fingerprint density at radius 1 is 1.45 bits per heavy atom. The van der Waals surface area contributed by atoms with E-state index in [-0.39, 0.29) is 6.54 Å². The summed E-state index contributed by atoms with van der Waals surface area (Å²) >= 11 is 6.03. The Morgan fingerprint density at radius 2 is 2.09 bits per heavy atom. The van der Waals surface area contributed by atoms with Crippen LogP contribution in [0.5, 0.6) is 0 Å². The fourth-order valence-corrected chi connectivity index (χ4v) is 2.84. The second-order valence-corrected chi connectivity index (χ2v) is 6.88. The zero-order chi connectivity index (χ0) is 17.0. The summed E-state index contributed by atoms with van der Waals surface area (Å²) in [5.41, 5.74) is 4.42. The molecular formula is C16H25ClN2O3. The van der Waals surface area contributed by atoms with Crippen molar-refractivity contribution in [3.63, 3.8) is 0 Å². The molecule has 1 rings (SSSR count). The summed E-state index contributed by atoms with van der Waals surface area (Å²) in [5, 5.41) is 14.1. The van der Waals surface area contributed by atoms with Crippen LogP contribution in [0.15, 0.2) is 24.3 Å². The molecule has 1 amide bonds. The standard InChI is InChI=1S/C16H25ClN2O3/c1-15(2,3)16(22-14(18)21,13(20)10-19-4)9-11-6-5-7-12(17)8-11/h5-8,13,19-20H,9-10H2,1-4H3,(H2,18,21)/t13-,16-/m1/s1. The Kier molecular flexibility index (Phi) is 6.23. The van der Waals surface area contributed by atoms with Crippen molar-refractivity contribution in [2.24, 2.45) is 11.1 Å². The van der Waals surface area contributed by atoms with Crippen molar-refractivity contribution in [2.75, 3.05) is 13.6 Å². The molecule has 0 aromatic heterocycles. The van der Waals surface area contributed by atoms with Gasteiger partial charge in [0.2, 0.25) is 0 Å². The summed E-state index contributed by atoms with van der Waals surface area (Å²) in [7, 11) is 1.72. The molecule has 0 aliphatic heterocycles. The highest BCUT2D eigenvalue weighted by atomic mass is 35.5. The van der Waals surface area contributed by atoms with Crippen LogP contribution in [0.25, 0.3) is 0 Å². The van der Waals surface area contributed by atoms with Gasteiger partial charge >= 0.3 is 6.09 Å². The number of ether oxygens (including phenoxy) is 1. The van der Waals surface area contributed by atoms with E-state index in [2.05, 4.69) is 5.32 Å². The Morgan fingerprint density at radius 3 is 2.55 bits per heavy atom. The lowest BCUT2D eigenvalue weighted by Gasteiger charge is -2.46. The van der Waals surface area contributed by atoms with Gasteiger partial charge < -0.3 is 20.9 Å². The summed E-state index contributed by atoms with van der Waals surface area (Å²) < 4.78 is 5.47. The number of nitrogens with one attached hydrogen (secondary N) is 1. The molecule has 0 aliphatic rings. The molecular weight excluding hydrogens is 304 g/mol. The van der Waals surface area contributed by atoms with E-state index in [9.17, 15) is 9.90 Å². The number of likely N-dealkylation sites (N-methyl/N-ethyl adjacent to an activating group) is 1. The minimum Gasteiger partial charge on any atom is -0.439 e. The third-order valence-corrected chi connectivity index (χ3v) is 4.08. The fraction of sp³-hybridized carbons (Fsp3) is 0.562. The van der Waals surface area contributed by atoms with Crippen molar-refractivity contribution in [3.8, 4) is 0 Å². The van der Waals surface area contributed by atoms with Gasteiger partial charge in [-0.1, -0.05) is 44.5 Å². The van der Waals surface area contributed by atoms with Gasteiger partial charge in [0.05, 0.1) is 0 Å². The van der Waals surface area contributed by atoms with E-state index in [4.69, 9.17) is 22.1 Å². The second kappa shape index (κ2) is 7.31. The number of primary amides is 1. The molecule has 22 heavy (non-hydrogen) atoms. The van der Waals surface area contributed by atoms with Crippen LogP contribution in [-0.2, 0) is 11.2 Å². The summed E-state index contributed by atoms with van der Waals surface area (Å²) in [5.74, 6) is 0. The Labute approximate surface area is 136 Å². The van der Waals surface area contributed by atoms with Crippen LogP contribution < -0.4 is 11.1 Å². The number of aliphatic hydroxyl groups excluding tert-OH is 1. The van der Waals surface area contributed by atoms with Crippen LogP contribution in [-0.4, -0.2) is 36.5 Å². The van der Waals surface area contributed by atoms with Crippen LogP contribution >= 0.6 is 11.6 Å². The zero-order valence-corrected chi connectivity index (χ0v) is 14.3. The Balaban J connectivity index is 3.31. The Hall–Kier alpha value is -1.30. The van der Waals surface area contributed by atoms with Crippen LogP contribution in [0, 0.1) is 5.41 Å². The molecule has 124 valence electrons. The van der Waals surface area contributed by atoms with E-state index in [0.29, 0.717) is 11.4 Å². The average molecular weight is 329 g/mol. The van der Waals surface area contributed by atoms with E-state index in [0.717, 1.165) is 5.56 Å². The van der Waals surface area contributed by atoms with E-state index in [1.165, 1.54) is 0 Å². The predicted octanol–water partition coefficient (Wildman–Crippen LogP) is 2.34. The van der Waals surface area contributed by atoms with Crippen LogP contribution in [0.4, 0.5) is 4.79 Å². The molecule has 0 saturated carbocycles. The topological polar surface area (TPSA) is 84.6 Å². The molecule has 0 radical (unpaired) electrons. The number of halogens is 1. The predicted molar refractivity (Wildman–Crippen MR) is 87.9 cm³/mol. The fourth-order valence-electron chi connectivity index (χ4n) is 2.63. The van der Waals surface area contributed by atoms with Crippen LogP contribution in [0.2, 0.25) is 5.02 Å². The second-order valence-electron chi connectivity index (χ2n) is 6.44. The van der Waals surface area contributed by atoms with E-state index in [1.807, 2.05) is 32.9 Å².